The summed E-state index contributed by atoms with van der Waals surface area (Å²) in [4.78, 5) is 13.9. The van der Waals surface area contributed by atoms with Crippen LogP contribution >= 0.6 is 0 Å². The van der Waals surface area contributed by atoms with E-state index in [0.29, 0.717) is 25.4 Å². The summed E-state index contributed by atoms with van der Waals surface area (Å²) in [6, 6.07) is 0. The van der Waals surface area contributed by atoms with Crippen molar-refractivity contribution >= 4 is 5.78 Å². The molecule has 0 aromatic rings. The van der Waals surface area contributed by atoms with Crippen LogP contribution in [0.2, 0.25) is 0 Å². The van der Waals surface area contributed by atoms with Gasteiger partial charge in [0.1, 0.15) is 5.78 Å². The molecule has 0 N–H and O–H groups in total. The Bertz CT molecular complexity index is 242. The van der Waals surface area contributed by atoms with E-state index in [1.807, 2.05) is 0 Å². The maximum absolute atomic E-state index is 11.6. The van der Waals surface area contributed by atoms with Crippen molar-refractivity contribution in [2.45, 2.75) is 19.8 Å². The third kappa shape index (κ3) is 3.02. The lowest BCUT2D eigenvalue weighted by atomic mass is 10.00. The molecule has 1 saturated carbocycles. The number of rotatable bonds is 4. The highest BCUT2D eigenvalue weighted by molar-refractivity contribution is 5.82. The lowest BCUT2D eigenvalue weighted by molar-refractivity contribution is -0.131. The first-order chi connectivity index (χ1) is 7.16. The molecule has 1 saturated heterocycles. The second-order valence-corrected chi connectivity index (χ2v) is 5.18. The molecule has 0 aromatic heterocycles. The maximum atomic E-state index is 11.6. The smallest absolute Gasteiger partial charge is 0.141 e. The zero-order valence-electron chi connectivity index (χ0n) is 9.74. The summed E-state index contributed by atoms with van der Waals surface area (Å²) in [5.74, 6) is 2.27. The molecule has 2 fully saturated rings. The molecule has 0 spiro atoms. The van der Waals surface area contributed by atoms with Crippen molar-refractivity contribution in [1.82, 2.24) is 4.90 Å². The Balaban J connectivity index is 1.72. The van der Waals surface area contributed by atoms with E-state index >= 15 is 0 Å². The zero-order chi connectivity index (χ0) is 10.8. The SMILES string of the molecule is CC1CC1CN(C)CC1COCCC1=O. The number of hydrogen-bond donors (Lipinski definition) is 0. The van der Waals surface area contributed by atoms with Gasteiger partial charge in [0, 0.05) is 19.5 Å². The molecule has 3 heteroatoms. The molecule has 0 amide bonds. The van der Waals surface area contributed by atoms with Gasteiger partial charge in [0.2, 0.25) is 0 Å². The van der Waals surface area contributed by atoms with Gasteiger partial charge in [-0.2, -0.15) is 0 Å². The second-order valence-electron chi connectivity index (χ2n) is 5.18. The summed E-state index contributed by atoms with van der Waals surface area (Å²) < 4.78 is 5.35. The van der Waals surface area contributed by atoms with Gasteiger partial charge in [-0.15, -0.1) is 0 Å². The Morgan fingerprint density at radius 3 is 2.80 bits per heavy atom. The van der Waals surface area contributed by atoms with Crippen LogP contribution in [0.5, 0.6) is 0 Å². The number of ketones is 1. The minimum absolute atomic E-state index is 0.123. The Morgan fingerprint density at radius 1 is 1.47 bits per heavy atom. The van der Waals surface area contributed by atoms with Crippen LogP contribution in [-0.2, 0) is 9.53 Å². The van der Waals surface area contributed by atoms with Crippen molar-refractivity contribution in [3.63, 3.8) is 0 Å². The molecular weight excluding hydrogens is 190 g/mol. The third-order valence-electron chi connectivity index (χ3n) is 3.62. The van der Waals surface area contributed by atoms with E-state index in [-0.39, 0.29) is 5.92 Å². The Kier molecular flexibility index (Phi) is 3.42. The molecule has 0 aromatic carbocycles. The van der Waals surface area contributed by atoms with Gasteiger partial charge in [-0.1, -0.05) is 6.92 Å². The van der Waals surface area contributed by atoms with Crippen LogP contribution in [-0.4, -0.2) is 44.0 Å². The first kappa shape index (κ1) is 11.1. The number of carbonyl (C=O) groups excluding carboxylic acids is 1. The normalized spacial score (nSPS) is 35.9. The quantitative estimate of drug-likeness (QED) is 0.699. The van der Waals surface area contributed by atoms with Gasteiger partial charge < -0.3 is 9.64 Å². The number of hydrogen-bond acceptors (Lipinski definition) is 3. The monoisotopic (exact) mass is 211 g/mol. The van der Waals surface area contributed by atoms with Crippen LogP contribution in [0.4, 0.5) is 0 Å². The molecule has 2 rings (SSSR count). The number of Topliss-reactive ketones (excluding diaryl/α,β-unsaturated/α-hetero) is 1. The molecular formula is C12H21NO2. The van der Waals surface area contributed by atoms with Crippen LogP contribution in [0, 0.1) is 17.8 Å². The van der Waals surface area contributed by atoms with Crippen molar-refractivity contribution < 1.29 is 9.53 Å². The van der Waals surface area contributed by atoms with Gasteiger partial charge in [-0.3, -0.25) is 4.79 Å². The number of ether oxygens (including phenoxy) is 1. The predicted octanol–water partition coefficient (Wildman–Crippen LogP) is 1.18. The van der Waals surface area contributed by atoms with E-state index in [1.54, 1.807) is 0 Å². The fourth-order valence-electron chi connectivity index (χ4n) is 2.35. The summed E-state index contributed by atoms with van der Waals surface area (Å²) in [5, 5.41) is 0. The highest BCUT2D eigenvalue weighted by Gasteiger charge is 2.34. The van der Waals surface area contributed by atoms with Crippen molar-refractivity contribution in [3.05, 3.63) is 0 Å². The van der Waals surface area contributed by atoms with Crippen molar-refractivity contribution in [2.75, 3.05) is 33.4 Å². The van der Waals surface area contributed by atoms with Crippen molar-refractivity contribution in [3.8, 4) is 0 Å². The molecule has 1 aliphatic carbocycles. The van der Waals surface area contributed by atoms with Gasteiger partial charge in [0.05, 0.1) is 19.1 Å². The van der Waals surface area contributed by atoms with Crippen LogP contribution in [0.15, 0.2) is 0 Å². The molecule has 15 heavy (non-hydrogen) atoms. The zero-order valence-corrected chi connectivity index (χ0v) is 9.74. The highest BCUT2D eigenvalue weighted by Crippen LogP contribution is 2.38. The molecule has 1 aliphatic heterocycles. The Morgan fingerprint density at radius 2 is 2.20 bits per heavy atom. The van der Waals surface area contributed by atoms with Gasteiger partial charge in [-0.05, 0) is 25.3 Å². The largest absolute Gasteiger partial charge is 0.380 e. The van der Waals surface area contributed by atoms with E-state index in [4.69, 9.17) is 4.74 Å². The van der Waals surface area contributed by atoms with Crippen LogP contribution in [0.1, 0.15) is 19.8 Å². The maximum Gasteiger partial charge on any atom is 0.141 e. The van der Waals surface area contributed by atoms with E-state index < -0.39 is 0 Å². The summed E-state index contributed by atoms with van der Waals surface area (Å²) in [6.45, 7) is 5.57. The van der Waals surface area contributed by atoms with Crippen molar-refractivity contribution in [2.24, 2.45) is 17.8 Å². The third-order valence-corrected chi connectivity index (χ3v) is 3.62. The molecule has 1 heterocycles. The van der Waals surface area contributed by atoms with E-state index in [1.165, 1.54) is 6.42 Å². The topological polar surface area (TPSA) is 29.5 Å². The van der Waals surface area contributed by atoms with Gasteiger partial charge in [0.15, 0.2) is 0 Å². The van der Waals surface area contributed by atoms with Crippen LogP contribution in [0.3, 0.4) is 0 Å². The molecule has 3 atom stereocenters. The number of carbonyl (C=O) groups is 1. The first-order valence-corrected chi connectivity index (χ1v) is 5.96. The lowest BCUT2D eigenvalue weighted by Crippen LogP contribution is -2.37. The summed E-state index contributed by atoms with van der Waals surface area (Å²) in [7, 11) is 2.12. The molecule has 0 radical (unpaired) electrons. The number of nitrogens with zero attached hydrogens (tertiary/aromatic N) is 1. The average Bonchev–Trinajstić information content (AvgIpc) is 2.86. The van der Waals surface area contributed by atoms with Gasteiger partial charge >= 0.3 is 0 Å². The Labute approximate surface area is 91.8 Å². The molecule has 2 aliphatic rings. The minimum Gasteiger partial charge on any atom is -0.380 e. The minimum atomic E-state index is 0.123. The molecule has 86 valence electrons. The van der Waals surface area contributed by atoms with E-state index in [9.17, 15) is 4.79 Å². The van der Waals surface area contributed by atoms with Crippen LogP contribution in [0.25, 0.3) is 0 Å². The highest BCUT2D eigenvalue weighted by atomic mass is 16.5. The predicted molar refractivity (Wildman–Crippen MR) is 58.7 cm³/mol. The fraction of sp³-hybridized carbons (Fsp3) is 0.917. The summed E-state index contributed by atoms with van der Waals surface area (Å²) in [6.07, 6.45) is 1.97. The van der Waals surface area contributed by atoms with E-state index in [2.05, 4.69) is 18.9 Å². The fourth-order valence-corrected chi connectivity index (χ4v) is 2.35. The average molecular weight is 211 g/mol. The summed E-state index contributed by atoms with van der Waals surface area (Å²) >= 11 is 0. The first-order valence-electron chi connectivity index (χ1n) is 5.96. The Hall–Kier alpha value is -0.410. The van der Waals surface area contributed by atoms with Crippen LogP contribution < -0.4 is 0 Å². The van der Waals surface area contributed by atoms with Crippen molar-refractivity contribution in [1.29, 1.82) is 0 Å². The standard InChI is InChI=1S/C12H21NO2/c1-9-5-10(9)6-13(2)7-11-8-15-4-3-12(11)14/h9-11H,3-8H2,1-2H3. The van der Waals surface area contributed by atoms with Gasteiger partial charge in [-0.25, -0.2) is 0 Å². The second kappa shape index (κ2) is 4.62. The molecule has 0 bridgehead atoms. The van der Waals surface area contributed by atoms with Gasteiger partial charge in [0.25, 0.3) is 0 Å². The molecule has 3 unspecified atom stereocenters. The summed E-state index contributed by atoms with van der Waals surface area (Å²) in [5.41, 5.74) is 0. The lowest BCUT2D eigenvalue weighted by Gasteiger charge is -2.26. The van der Waals surface area contributed by atoms with E-state index in [0.717, 1.165) is 24.9 Å². The molecule has 3 nitrogen and oxygen atoms in total.